The van der Waals surface area contributed by atoms with Gasteiger partial charge in [-0.3, -0.25) is 0 Å². The van der Waals surface area contributed by atoms with Crippen LogP contribution in [-0.2, 0) is 0 Å². The van der Waals surface area contributed by atoms with Crippen LogP contribution in [0.5, 0.6) is 0 Å². The van der Waals surface area contributed by atoms with Crippen LogP contribution in [0.1, 0.15) is 5.56 Å². The van der Waals surface area contributed by atoms with Gasteiger partial charge in [0.2, 0.25) is 0 Å². The molecule has 0 N–H and O–H groups in total. The highest BCUT2D eigenvalue weighted by Crippen LogP contribution is 2.33. The second kappa shape index (κ2) is 7.73. The molecular weight excluding hydrogens is 283 g/mol. The van der Waals surface area contributed by atoms with E-state index in [1.54, 1.807) is 0 Å². The van der Waals surface area contributed by atoms with E-state index in [2.05, 4.69) is 103 Å². The fourth-order valence-electron chi connectivity index (χ4n) is 2.43. The molecular formula is C21H19P. The van der Waals surface area contributed by atoms with Gasteiger partial charge in [0.1, 0.15) is 0 Å². The lowest BCUT2D eigenvalue weighted by molar-refractivity contribution is 1.64. The van der Waals surface area contributed by atoms with Crippen LogP contribution < -0.4 is 10.6 Å². The second-order valence-electron chi connectivity index (χ2n) is 5.09. The summed E-state index contributed by atoms with van der Waals surface area (Å²) in [4.78, 5) is 0. The molecule has 0 fully saturated rings. The third kappa shape index (κ3) is 3.93. The van der Waals surface area contributed by atoms with E-state index >= 15 is 0 Å². The molecule has 1 heteroatoms. The molecule has 0 saturated heterocycles. The third-order valence-electron chi connectivity index (χ3n) is 3.53. The lowest BCUT2D eigenvalue weighted by Gasteiger charge is -2.16. The predicted molar refractivity (Wildman–Crippen MR) is 99.4 cm³/mol. The van der Waals surface area contributed by atoms with Crippen molar-refractivity contribution in [2.24, 2.45) is 0 Å². The zero-order valence-electron chi connectivity index (χ0n) is 12.5. The normalized spacial score (nSPS) is 11.1. The molecule has 0 saturated carbocycles. The molecule has 0 aromatic heterocycles. The summed E-state index contributed by atoms with van der Waals surface area (Å²) in [5.41, 5.74) is 1.26. The van der Waals surface area contributed by atoms with Crippen LogP contribution >= 0.6 is 7.92 Å². The van der Waals surface area contributed by atoms with Crippen LogP contribution in [0, 0.1) is 0 Å². The first-order valence-corrected chi connectivity index (χ1v) is 9.05. The van der Waals surface area contributed by atoms with E-state index in [1.165, 1.54) is 16.2 Å². The van der Waals surface area contributed by atoms with Crippen LogP contribution in [-0.4, -0.2) is 6.16 Å². The Labute approximate surface area is 133 Å². The first-order chi connectivity index (χ1) is 10.9. The van der Waals surface area contributed by atoms with Crippen LogP contribution in [0.3, 0.4) is 0 Å². The highest BCUT2D eigenvalue weighted by Gasteiger charge is 2.11. The van der Waals surface area contributed by atoms with Gasteiger partial charge in [0, 0.05) is 0 Å². The maximum Gasteiger partial charge on any atom is -0.00609 e. The summed E-state index contributed by atoms with van der Waals surface area (Å²) in [6.07, 6.45) is 5.60. The molecule has 0 unspecified atom stereocenters. The average molecular weight is 302 g/mol. The lowest BCUT2D eigenvalue weighted by atomic mass is 10.2. The molecule has 0 bridgehead atoms. The van der Waals surface area contributed by atoms with E-state index in [1.807, 2.05) is 0 Å². The smallest absolute Gasteiger partial charge is 0.00609 e. The number of benzene rings is 3. The molecule has 0 nitrogen and oxygen atoms in total. The number of hydrogen-bond donors (Lipinski definition) is 0. The highest BCUT2D eigenvalue weighted by molar-refractivity contribution is 7.73. The highest BCUT2D eigenvalue weighted by atomic mass is 31.1. The standard InChI is InChI=1S/C21H19P/c1-4-11-19(12-5-1)13-10-18-22(20-14-6-2-7-15-20)21-16-8-3-9-17-21/h1-17H,18H2. The zero-order valence-corrected chi connectivity index (χ0v) is 13.4. The van der Waals surface area contributed by atoms with E-state index in [9.17, 15) is 0 Å². The van der Waals surface area contributed by atoms with Gasteiger partial charge < -0.3 is 0 Å². The van der Waals surface area contributed by atoms with E-state index in [0.29, 0.717) is 0 Å². The Balaban J connectivity index is 1.82. The summed E-state index contributed by atoms with van der Waals surface area (Å²) in [7, 11) is -0.334. The quantitative estimate of drug-likeness (QED) is 0.592. The maximum absolute atomic E-state index is 2.31. The molecule has 0 aliphatic heterocycles. The van der Waals surface area contributed by atoms with Gasteiger partial charge >= 0.3 is 0 Å². The van der Waals surface area contributed by atoms with Gasteiger partial charge in [-0.15, -0.1) is 0 Å². The summed E-state index contributed by atoms with van der Waals surface area (Å²) in [5, 5.41) is 2.86. The van der Waals surface area contributed by atoms with Gasteiger partial charge in [-0.2, -0.15) is 0 Å². The molecule has 108 valence electrons. The third-order valence-corrected chi connectivity index (χ3v) is 5.95. The van der Waals surface area contributed by atoms with Crippen molar-refractivity contribution < 1.29 is 0 Å². The molecule has 0 heterocycles. The van der Waals surface area contributed by atoms with Crippen molar-refractivity contribution in [1.29, 1.82) is 0 Å². The summed E-state index contributed by atoms with van der Waals surface area (Å²) in [6.45, 7) is 0. The predicted octanol–water partition coefficient (Wildman–Crippen LogP) is 4.83. The molecule has 0 aliphatic rings. The Morgan fingerprint density at radius 1 is 0.591 bits per heavy atom. The van der Waals surface area contributed by atoms with Crippen LogP contribution in [0.15, 0.2) is 97.1 Å². The van der Waals surface area contributed by atoms with E-state index in [4.69, 9.17) is 0 Å². The molecule has 0 aliphatic carbocycles. The maximum atomic E-state index is 2.31. The summed E-state index contributed by atoms with van der Waals surface area (Å²) < 4.78 is 0. The monoisotopic (exact) mass is 302 g/mol. The molecule has 3 aromatic carbocycles. The topological polar surface area (TPSA) is 0 Å². The zero-order chi connectivity index (χ0) is 15.0. The molecule has 3 aromatic rings. The molecule has 0 amide bonds. The minimum Gasteiger partial charge on any atom is -0.0790 e. The Morgan fingerprint density at radius 2 is 1.05 bits per heavy atom. The van der Waals surface area contributed by atoms with E-state index in [-0.39, 0.29) is 7.92 Å². The molecule has 0 atom stereocenters. The van der Waals surface area contributed by atoms with Gasteiger partial charge in [-0.25, -0.2) is 0 Å². The fraction of sp³-hybridized carbons (Fsp3) is 0.0476. The van der Waals surface area contributed by atoms with Crippen molar-refractivity contribution in [2.75, 3.05) is 6.16 Å². The van der Waals surface area contributed by atoms with Crippen LogP contribution in [0.4, 0.5) is 0 Å². The Kier molecular flexibility index (Phi) is 5.18. The minimum atomic E-state index is -0.334. The summed E-state index contributed by atoms with van der Waals surface area (Å²) in [6, 6.07) is 32.2. The first-order valence-electron chi connectivity index (χ1n) is 7.53. The largest absolute Gasteiger partial charge is 0.0790 e. The summed E-state index contributed by atoms with van der Waals surface area (Å²) in [5.74, 6) is 0. The molecule has 22 heavy (non-hydrogen) atoms. The number of hydrogen-bond acceptors (Lipinski definition) is 0. The molecule has 0 spiro atoms. The van der Waals surface area contributed by atoms with Crippen molar-refractivity contribution in [3.8, 4) is 0 Å². The lowest BCUT2D eigenvalue weighted by Crippen LogP contribution is -2.12. The SMILES string of the molecule is C(=Cc1ccccc1)CP(c1ccccc1)c1ccccc1. The number of rotatable bonds is 5. The van der Waals surface area contributed by atoms with Crippen molar-refractivity contribution >= 4 is 24.6 Å². The van der Waals surface area contributed by atoms with E-state index < -0.39 is 0 Å². The van der Waals surface area contributed by atoms with Crippen LogP contribution in [0.25, 0.3) is 6.08 Å². The van der Waals surface area contributed by atoms with Crippen molar-refractivity contribution in [3.05, 3.63) is 103 Å². The van der Waals surface area contributed by atoms with Gasteiger partial charge in [-0.05, 0) is 30.3 Å². The number of allylic oxidation sites excluding steroid dienone is 1. The van der Waals surface area contributed by atoms with E-state index in [0.717, 1.165) is 6.16 Å². The van der Waals surface area contributed by atoms with Crippen molar-refractivity contribution in [3.63, 3.8) is 0 Å². The minimum absolute atomic E-state index is 0.334. The first kappa shape index (κ1) is 14.8. The van der Waals surface area contributed by atoms with Crippen LogP contribution in [0.2, 0.25) is 0 Å². The molecule has 3 rings (SSSR count). The van der Waals surface area contributed by atoms with Gasteiger partial charge in [0.05, 0.1) is 0 Å². The van der Waals surface area contributed by atoms with Gasteiger partial charge in [0.15, 0.2) is 0 Å². The summed E-state index contributed by atoms with van der Waals surface area (Å²) >= 11 is 0. The Hall–Kier alpha value is -2.17. The Bertz CT molecular complexity index is 663. The fourth-order valence-corrected chi connectivity index (χ4v) is 4.53. The van der Waals surface area contributed by atoms with Crippen molar-refractivity contribution in [1.82, 2.24) is 0 Å². The average Bonchev–Trinajstić information content (AvgIpc) is 2.61. The Morgan fingerprint density at radius 3 is 1.55 bits per heavy atom. The second-order valence-corrected chi connectivity index (χ2v) is 7.35. The molecule has 0 radical (unpaired) electrons. The van der Waals surface area contributed by atoms with Crippen molar-refractivity contribution in [2.45, 2.75) is 0 Å². The van der Waals surface area contributed by atoms with Gasteiger partial charge in [-0.1, -0.05) is 103 Å². The van der Waals surface area contributed by atoms with Gasteiger partial charge in [0.25, 0.3) is 0 Å².